The third-order valence-electron chi connectivity index (χ3n) is 3.19. The zero-order valence-electron chi connectivity index (χ0n) is 13.5. The van der Waals surface area contributed by atoms with Crippen LogP contribution >= 0.6 is 0 Å². The van der Waals surface area contributed by atoms with Crippen molar-refractivity contribution < 1.29 is 38.1 Å². The number of carbonyl (C=O) groups excluding carboxylic acids is 4. The lowest BCUT2D eigenvalue weighted by Gasteiger charge is -2.34. The zero-order chi connectivity index (χ0) is 17.6. The van der Waals surface area contributed by atoms with Gasteiger partial charge in [-0.2, -0.15) is 0 Å². The molecule has 0 saturated heterocycles. The van der Waals surface area contributed by atoms with Gasteiger partial charge < -0.3 is 18.9 Å². The van der Waals surface area contributed by atoms with Gasteiger partial charge in [-0.05, 0) is 12.5 Å². The molecule has 0 unspecified atom stereocenters. The molecule has 0 aliphatic heterocycles. The molecule has 128 valence electrons. The molecule has 0 aromatic rings. The number of hydrogen-bond donors (Lipinski definition) is 0. The first-order valence-corrected chi connectivity index (χ1v) is 7.01. The molecule has 0 spiro atoms. The summed E-state index contributed by atoms with van der Waals surface area (Å²) >= 11 is 0. The highest BCUT2D eigenvalue weighted by Gasteiger charge is 2.40. The fourth-order valence-corrected chi connectivity index (χ4v) is 2.34. The predicted molar refractivity (Wildman–Crippen MR) is 75.9 cm³/mol. The van der Waals surface area contributed by atoms with Gasteiger partial charge in [0.25, 0.3) is 0 Å². The Kier molecular flexibility index (Phi) is 6.74. The highest BCUT2D eigenvalue weighted by atomic mass is 16.6. The van der Waals surface area contributed by atoms with Crippen LogP contribution in [0.2, 0.25) is 0 Å². The summed E-state index contributed by atoms with van der Waals surface area (Å²) in [7, 11) is 1.23. The van der Waals surface area contributed by atoms with Gasteiger partial charge in [-0.25, -0.2) is 4.79 Å². The van der Waals surface area contributed by atoms with Crippen LogP contribution in [0.15, 0.2) is 11.6 Å². The second-order valence-corrected chi connectivity index (χ2v) is 5.10. The summed E-state index contributed by atoms with van der Waals surface area (Å²) < 4.78 is 20.0. The lowest BCUT2D eigenvalue weighted by Crippen LogP contribution is -2.44. The lowest BCUT2D eigenvalue weighted by molar-refractivity contribution is -0.170. The minimum atomic E-state index is -0.959. The molecule has 0 bridgehead atoms. The largest absolute Gasteiger partial charge is 0.466 e. The van der Waals surface area contributed by atoms with Crippen molar-refractivity contribution >= 4 is 23.9 Å². The molecule has 0 fully saturated rings. The average molecular weight is 328 g/mol. The second kappa shape index (κ2) is 8.30. The number of hydrogen-bond acceptors (Lipinski definition) is 8. The summed E-state index contributed by atoms with van der Waals surface area (Å²) in [5, 5.41) is 0. The Bertz CT molecular complexity index is 522. The molecule has 1 aliphatic rings. The minimum absolute atomic E-state index is 0.0839. The minimum Gasteiger partial charge on any atom is -0.466 e. The van der Waals surface area contributed by atoms with Gasteiger partial charge in [0, 0.05) is 32.3 Å². The summed E-state index contributed by atoms with van der Waals surface area (Å²) in [6, 6.07) is 0. The molecule has 8 nitrogen and oxygen atoms in total. The van der Waals surface area contributed by atoms with Crippen molar-refractivity contribution in [2.45, 2.75) is 39.4 Å². The molecule has 3 atom stereocenters. The van der Waals surface area contributed by atoms with E-state index >= 15 is 0 Å². The molecular weight excluding hydrogens is 308 g/mol. The SMILES string of the molecule is COC(=O)C1=C[C@@H](OC(C)=O)[C@@H](OC(C)=O)[C@H](COC(C)=O)C1. The molecule has 0 N–H and O–H groups in total. The Labute approximate surface area is 133 Å². The first kappa shape index (κ1) is 18.7. The smallest absolute Gasteiger partial charge is 0.333 e. The summed E-state index contributed by atoms with van der Waals surface area (Å²) in [6.45, 7) is 3.57. The van der Waals surface area contributed by atoms with E-state index in [9.17, 15) is 19.2 Å². The third-order valence-corrected chi connectivity index (χ3v) is 3.19. The van der Waals surface area contributed by atoms with Crippen LogP contribution in [0.4, 0.5) is 0 Å². The van der Waals surface area contributed by atoms with E-state index in [1.165, 1.54) is 34.0 Å². The van der Waals surface area contributed by atoms with E-state index in [1.54, 1.807) is 0 Å². The van der Waals surface area contributed by atoms with Crippen molar-refractivity contribution in [1.82, 2.24) is 0 Å². The van der Waals surface area contributed by atoms with Crippen molar-refractivity contribution in [2.75, 3.05) is 13.7 Å². The second-order valence-electron chi connectivity index (χ2n) is 5.10. The molecule has 0 heterocycles. The van der Waals surface area contributed by atoms with Gasteiger partial charge in [-0.3, -0.25) is 14.4 Å². The van der Waals surface area contributed by atoms with Gasteiger partial charge in [0.1, 0.15) is 6.10 Å². The van der Waals surface area contributed by atoms with Crippen LogP contribution in [0.1, 0.15) is 27.2 Å². The fourth-order valence-electron chi connectivity index (χ4n) is 2.34. The first-order valence-electron chi connectivity index (χ1n) is 7.01. The van der Waals surface area contributed by atoms with Crippen LogP contribution in [0, 0.1) is 5.92 Å². The Hall–Kier alpha value is -2.38. The van der Waals surface area contributed by atoms with Gasteiger partial charge in [0.15, 0.2) is 6.10 Å². The normalized spacial score (nSPS) is 23.3. The van der Waals surface area contributed by atoms with Crippen molar-refractivity contribution in [1.29, 1.82) is 0 Å². The van der Waals surface area contributed by atoms with E-state index in [2.05, 4.69) is 4.74 Å². The van der Waals surface area contributed by atoms with E-state index in [0.29, 0.717) is 0 Å². The molecule has 0 saturated carbocycles. The average Bonchev–Trinajstić information content (AvgIpc) is 2.45. The van der Waals surface area contributed by atoms with Gasteiger partial charge in [-0.1, -0.05) is 0 Å². The maximum Gasteiger partial charge on any atom is 0.333 e. The number of ether oxygens (including phenoxy) is 4. The van der Waals surface area contributed by atoms with Crippen molar-refractivity contribution in [2.24, 2.45) is 5.92 Å². The molecule has 0 amide bonds. The Morgan fingerprint density at radius 3 is 2.13 bits per heavy atom. The third kappa shape index (κ3) is 5.72. The van der Waals surface area contributed by atoms with Crippen LogP contribution in [0.3, 0.4) is 0 Å². The van der Waals surface area contributed by atoms with Crippen molar-refractivity contribution in [3.05, 3.63) is 11.6 Å². The number of esters is 4. The Morgan fingerprint density at radius 2 is 1.65 bits per heavy atom. The van der Waals surface area contributed by atoms with Crippen LogP contribution < -0.4 is 0 Å². The Balaban J connectivity index is 3.10. The monoisotopic (exact) mass is 328 g/mol. The van der Waals surface area contributed by atoms with E-state index in [4.69, 9.17) is 14.2 Å². The maximum absolute atomic E-state index is 11.8. The summed E-state index contributed by atoms with van der Waals surface area (Å²) in [5.41, 5.74) is 0.263. The standard InChI is InChI=1S/C15H20O8/c1-8(16)21-7-12-5-11(15(19)20-4)6-13(22-9(2)17)14(12)23-10(3)18/h6,12-14H,5,7H2,1-4H3/t12-,13+,14-/m0/s1. The molecular formula is C15H20O8. The van der Waals surface area contributed by atoms with E-state index in [1.807, 2.05) is 0 Å². The number of carbonyl (C=O) groups is 4. The van der Waals surface area contributed by atoms with Crippen molar-refractivity contribution in [3.63, 3.8) is 0 Å². The molecule has 0 radical (unpaired) electrons. The highest BCUT2D eigenvalue weighted by Crippen LogP contribution is 2.30. The van der Waals surface area contributed by atoms with Gasteiger partial charge in [-0.15, -0.1) is 0 Å². The molecule has 23 heavy (non-hydrogen) atoms. The highest BCUT2D eigenvalue weighted by molar-refractivity contribution is 5.89. The molecule has 8 heteroatoms. The summed E-state index contributed by atoms with van der Waals surface area (Å²) in [6.07, 6.45) is -0.259. The number of rotatable bonds is 5. The maximum atomic E-state index is 11.8. The lowest BCUT2D eigenvalue weighted by atomic mass is 9.84. The van der Waals surface area contributed by atoms with Crippen LogP contribution in [-0.4, -0.2) is 49.8 Å². The quantitative estimate of drug-likeness (QED) is 0.531. The fraction of sp³-hybridized carbons (Fsp3) is 0.600. The summed E-state index contributed by atoms with van der Waals surface area (Å²) in [4.78, 5) is 45.4. The summed E-state index contributed by atoms with van der Waals surface area (Å²) in [5.74, 6) is -2.80. The van der Waals surface area contributed by atoms with E-state index < -0.39 is 42.0 Å². The van der Waals surface area contributed by atoms with Gasteiger partial charge in [0.05, 0.1) is 13.7 Å². The zero-order valence-corrected chi connectivity index (χ0v) is 13.5. The molecule has 1 aliphatic carbocycles. The molecule has 0 aromatic heterocycles. The number of methoxy groups -OCH3 is 1. The van der Waals surface area contributed by atoms with Gasteiger partial charge in [0.2, 0.25) is 0 Å². The topological polar surface area (TPSA) is 105 Å². The van der Waals surface area contributed by atoms with Crippen molar-refractivity contribution in [3.8, 4) is 0 Å². The van der Waals surface area contributed by atoms with Gasteiger partial charge >= 0.3 is 23.9 Å². The first-order chi connectivity index (χ1) is 10.7. The van der Waals surface area contributed by atoms with Crippen LogP contribution in [-0.2, 0) is 38.1 Å². The van der Waals surface area contributed by atoms with Crippen LogP contribution in [0.25, 0.3) is 0 Å². The van der Waals surface area contributed by atoms with E-state index in [-0.39, 0.29) is 18.6 Å². The van der Waals surface area contributed by atoms with E-state index in [0.717, 1.165) is 0 Å². The van der Waals surface area contributed by atoms with Crippen LogP contribution in [0.5, 0.6) is 0 Å². The Morgan fingerprint density at radius 1 is 1.04 bits per heavy atom. The molecule has 0 aromatic carbocycles. The molecule has 1 rings (SSSR count). The predicted octanol–water partition coefficient (Wildman–Crippen LogP) is 0.532.